The smallest absolute Gasteiger partial charge is 0.336 e. The summed E-state index contributed by atoms with van der Waals surface area (Å²) in [6, 6.07) is 0. The second kappa shape index (κ2) is 14.7. The number of ether oxygens (including phenoxy) is 1. The van der Waals surface area contributed by atoms with Gasteiger partial charge in [0.1, 0.15) is 0 Å². The highest BCUT2D eigenvalue weighted by Gasteiger charge is 2.41. The summed E-state index contributed by atoms with van der Waals surface area (Å²) in [6.07, 6.45) is 16.0. The maximum absolute atomic E-state index is 12.7. The van der Waals surface area contributed by atoms with E-state index in [1.165, 1.54) is 32.4 Å². The highest BCUT2D eigenvalue weighted by Crippen LogP contribution is 2.36. The number of likely N-dealkylation sites (tertiary alicyclic amines) is 1. The van der Waals surface area contributed by atoms with Crippen molar-refractivity contribution in [2.75, 3.05) is 26.2 Å². The number of carbonyl (C=O) groups excluding carboxylic acids is 1. The summed E-state index contributed by atoms with van der Waals surface area (Å²) < 4.78 is 5.70. The summed E-state index contributed by atoms with van der Waals surface area (Å²) in [5.41, 5.74) is -2.74. The van der Waals surface area contributed by atoms with Crippen LogP contribution >= 0.6 is 0 Å². The highest BCUT2D eigenvalue weighted by atomic mass is 16.5. The average molecular weight is 510 g/mol. The van der Waals surface area contributed by atoms with E-state index in [0.717, 1.165) is 38.6 Å². The number of hydrogen-bond donors (Lipinski definition) is 4. The van der Waals surface area contributed by atoms with Gasteiger partial charge in [0.2, 0.25) is 0 Å². The molecule has 36 heavy (non-hydrogen) atoms. The van der Waals surface area contributed by atoms with Crippen LogP contribution in [0.5, 0.6) is 0 Å². The predicted octanol–water partition coefficient (Wildman–Crippen LogP) is 2.71. The Morgan fingerprint density at radius 3 is 1.97 bits per heavy atom. The maximum atomic E-state index is 12.7. The standard InChI is InChI=1S/C20H31NO2.C6H8O7/c22-20(23-16-8-15-21-13-6-7-14-21)19(18-11-4-5-12-18)17-9-2-1-3-10-17;7-3(8)1-6(13,5(11)12)2-4(9)10/h2,4,9,11,17-19H,1,3,5-8,10,12-16H2;13H,1-2H2,(H,7,8)(H,9,10)(H,11,12). The number of aliphatic hydroxyl groups is 1. The third-order valence-corrected chi connectivity index (χ3v) is 6.88. The maximum Gasteiger partial charge on any atom is 0.336 e. The van der Waals surface area contributed by atoms with Gasteiger partial charge in [-0.15, -0.1) is 0 Å². The second-order valence-corrected chi connectivity index (χ2v) is 9.77. The molecule has 2 aliphatic carbocycles. The monoisotopic (exact) mass is 509 g/mol. The molecule has 0 bridgehead atoms. The summed E-state index contributed by atoms with van der Waals surface area (Å²) >= 11 is 0. The zero-order valence-electron chi connectivity index (χ0n) is 20.7. The minimum Gasteiger partial charge on any atom is -0.481 e. The molecule has 0 amide bonds. The zero-order valence-corrected chi connectivity index (χ0v) is 20.7. The van der Waals surface area contributed by atoms with E-state index < -0.39 is 36.4 Å². The molecule has 1 heterocycles. The van der Waals surface area contributed by atoms with Crippen molar-refractivity contribution in [2.24, 2.45) is 17.8 Å². The molecule has 3 aliphatic rings. The number of rotatable bonds is 12. The molecule has 4 N–H and O–H groups in total. The lowest BCUT2D eigenvalue weighted by Crippen LogP contribution is -2.42. The molecule has 0 radical (unpaired) electrons. The molecule has 0 aromatic carbocycles. The van der Waals surface area contributed by atoms with E-state index in [-0.39, 0.29) is 11.9 Å². The molecule has 1 fully saturated rings. The molecule has 0 aromatic heterocycles. The zero-order chi connectivity index (χ0) is 26.6. The Labute approximate surface area is 211 Å². The van der Waals surface area contributed by atoms with Gasteiger partial charge in [0, 0.05) is 6.54 Å². The van der Waals surface area contributed by atoms with Crippen LogP contribution in [0.3, 0.4) is 0 Å². The summed E-state index contributed by atoms with van der Waals surface area (Å²) in [5.74, 6) is -4.18. The predicted molar refractivity (Wildman–Crippen MR) is 130 cm³/mol. The van der Waals surface area contributed by atoms with Gasteiger partial charge in [-0.1, -0.05) is 24.3 Å². The lowest BCUT2D eigenvalue weighted by Gasteiger charge is -2.29. The molecule has 0 spiro atoms. The van der Waals surface area contributed by atoms with Crippen molar-refractivity contribution >= 4 is 23.9 Å². The first-order chi connectivity index (χ1) is 17.1. The van der Waals surface area contributed by atoms with E-state index in [9.17, 15) is 19.2 Å². The molecule has 10 heteroatoms. The largest absolute Gasteiger partial charge is 0.481 e. The minimum absolute atomic E-state index is 0.0390. The van der Waals surface area contributed by atoms with Crippen molar-refractivity contribution in [1.29, 1.82) is 0 Å². The minimum atomic E-state index is -2.74. The van der Waals surface area contributed by atoms with Gasteiger partial charge in [0.25, 0.3) is 0 Å². The van der Waals surface area contributed by atoms with Crippen molar-refractivity contribution in [1.82, 2.24) is 4.90 Å². The number of nitrogens with zero attached hydrogens (tertiary/aromatic N) is 1. The normalized spacial score (nSPS) is 22.5. The molecule has 1 aliphatic heterocycles. The fourth-order valence-corrected chi connectivity index (χ4v) is 5.04. The summed E-state index contributed by atoms with van der Waals surface area (Å²) in [7, 11) is 0. The molecular formula is C26H39NO9. The van der Waals surface area contributed by atoms with Crippen LogP contribution in [0.4, 0.5) is 0 Å². The van der Waals surface area contributed by atoms with Crippen LogP contribution in [-0.2, 0) is 23.9 Å². The number of carboxylic acids is 3. The topological polar surface area (TPSA) is 162 Å². The molecule has 1 saturated heterocycles. The Hall–Kier alpha value is -2.72. The molecule has 0 aromatic rings. The number of allylic oxidation sites excluding steroid dienone is 4. The van der Waals surface area contributed by atoms with Crippen molar-refractivity contribution in [3.8, 4) is 0 Å². The Bertz CT molecular complexity index is 800. The lowest BCUT2D eigenvalue weighted by atomic mass is 9.77. The van der Waals surface area contributed by atoms with Crippen molar-refractivity contribution in [2.45, 2.75) is 69.8 Å². The van der Waals surface area contributed by atoms with E-state index in [0.29, 0.717) is 18.4 Å². The van der Waals surface area contributed by atoms with Crippen molar-refractivity contribution in [3.05, 3.63) is 24.3 Å². The Kier molecular flexibility index (Phi) is 12.1. The van der Waals surface area contributed by atoms with Gasteiger partial charge >= 0.3 is 23.9 Å². The molecule has 0 saturated carbocycles. The third kappa shape index (κ3) is 9.73. The number of carboxylic acid groups (broad SMARTS) is 3. The number of aliphatic carboxylic acids is 3. The quantitative estimate of drug-likeness (QED) is 0.175. The van der Waals surface area contributed by atoms with Crippen molar-refractivity contribution in [3.63, 3.8) is 0 Å². The fraction of sp³-hybridized carbons (Fsp3) is 0.692. The first-order valence-electron chi connectivity index (χ1n) is 12.7. The van der Waals surface area contributed by atoms with Gasteiger partial charge in [0.05, 0.1) is 25.4 Å². The van der Waals surface area contributed by atoms with Gasteiger partial charge in [-0.05, 0) is 76.3 Å². The van der Waals surface area contributed by atoms with Crippen LogP contribution in [0.25, 0.3) is 0 Å². The molecule has 3 unspecified atom stereocenters. The Balaban J connectivity index is 0.000000302. The Morgan fingerprint density at radius 2 is 1.47 bits per heavy atom. The van der Waals surface area contributed by atoms with Crippen LogP contribution in [-0.4, -0.2) is 81.0 Å². The first kappa shape index (κ1) is 29.5. The van der Waals surface area contributed by atoms with E-state index in [1.807, 2.05) is 0 Å². The number of esters is 1. The van der Waals surface area contributed by atoms with Gasteiger partial charge in [-0.2, -0.15) is 0 Å². The molecule has 202 valence electrons. The van der Waals surface area contributed by atoms with Gasteiger partial charge in [-0.25, -0.2) is 4.79 Å². The Morgan fingerprint density at radius 1 is 0.889 bits per heavy atom. The second-order valence-electron chi connectivity index (χ2n) is 9.77. The summed E-state index contributed by atoms with van der Waals surface area (Å²) in [4.78, 5) is 45.7. The third-order valence-electron chi connectivity index (χ3n) is 6.88. The van der Waals surface area contributed by atoms with Crippen molar-refractivity contribution < 1.29 is 44.3 Å². The summed E-state index contributed by atoms with van der Waals surface area (Å²) in [5, 5.41) is 33.8. The van der Waals surface area contributed by atoms with E-state index in [2.05, 4.69) is 29.2 Å². The van der Waals surface area contributed by atoms with Crippen LogP contribution in [0.2, 0.25) is 0 Å². The van der Waals surface area contributed by atoms with E-state index >= 15 is 0 Å². The van der Waals surface area contributed by atoms with Crippen LogP contribution < -0.4 is 0 Å². The van der Waals surface area contributed by atoms with Gasteiger partial charge < -0.3 is 30.1 Å². The van der Waals surface area contributed by atoms with Gasteiger partial charge in [0.15, 0.2) is 5.60 Å². The van der Waals surface area contributed by atoms with Gasteiger partial charge in [-0.3, -0.25) is 14.4 Å². The highest BCUT2D eigenvalue weighted by molar-refractivity contribution is 5.88. The molecule has 10 nitrogen and oxygen atoms in total. The van der Waals surface area contributed by atoms with Crippen LogP contribution in [0, 0.1) is 17.8 Å². The van der Waals surface area contributed by atoms with Crippen LogP contribution in [0.1, 0.15) is 64.2 Å². The SMILES string of the molecule is O=C(O)CC(O)(CC(=O)O)C(=O)O.O=C(OCCCN1CCCC1)C(C1C=CCC1)C1C=CCCC1. The molecular weight excluding hydrogens is 470 g/mol. The summed E-state index contributed by atoms with van der Waals surface area (Å²) in [6.45, 7) is 4.09. The first-order valence-corrected chi connectivity index (χ1v) is 12.7. The average Bonchev–Trinajstić information content (AvgIpc) is 3.52. The fourth-order valence-electron chi connectivity index (χ4n) is 5.04. The van der Waals surface area contributed by atoms with E-state index in [4.69, 9.17) is 25.2 Å². The lowest BCUT2D eigenvalue weighted by molar-refractivity contribution is -0.170. The van der Waals surface area contributed by atoms with E-state index in [1.54, 1.807) is 0 Å². The molecule has 3 rings (SSSR count). The van der Waals surface area contributed by atoms with Crippen LogP contribution in [0.15, 0.2) is 24.3 Å². The number of hydrogen-bond acceptors (Lipinski definition) is 7. The number of carbonyl (C=O) groups is 4. The molecule has 3 atom stereocenters.